The van der Waals surface area contributed by atoms with E-state index in [2.05, 4.69) is 4.90 Å². The smallest absolute Gasteiger partial charge is 0.123 e. The summed E-state index contributed by atoms with van der Waals surface area (Å²) in [6.45, 7) is 2.93. The van der Waals surface area contributed by atoms with Crippen LogP contribution in [-0.4, -0.2) is 43.9 Å². The Labute approximate surface area is 114 Å². The molecule has 19 heavy (non-hydrogen) atoms. The molecule has 104 valence electrons. The Kier molecular flexibility index (Phi) is 3.73. The highest BCUT2D eigenvalue weighted by Crippen LogP contribution is 2.31. The first-order valence-electron chi connectivity index (χ1n) is 7.03. The SMILES string of the molecule is COc1ccccc1C(N)C1CN2CCCC2CO1. The van der Waals surface area contributed by atoms with Gasteiger partial charge in [-0.05, 0) is 25.5 Å². The van der Waals surface area contributed by atoms with Crippen molar-refractivity contribution in [2.24, 2.45) is 5.73 Å². The Hall–Kier alpha value is -1.10. The van der Waals surface area contributed by atoms with Crippen molar-refractivity contribution in [2.45, 2.75) is 31.0 Å². The fourth-order valence-electron chi connectivity index (χ4n) is 3.20. The molecule has 0 amide bonds. The number of fused-ring (bicyclic) bond motifs is 1. The highest BCUT2D eigenvalue weighted by molar-refractivity contribution is 5.36. The van der Waals surface area contributed by atoms with Crippen molar-refractivity contribution in [3.05, 3.63) is 29.8 Å². The van der Waals surface area contributed by atoms with Gasteiger partial charge in [-0.3, -0.25) is 4.90 Å². The Morgan fingerprint density at radius 1 is 1.42 bits per heavy atom. The number of hydrogen-bond acceptors (Lipinski definition) is 4. The Balaban J connectivity index is 1.74. The summed E-state index contributed by atoms with van der Waals surface area (Å²) in [6, 6.07) is 8.44. The second-order valence-corrected chi connectivity index (χ2v) is 5.43. The van der Waals surface area contributed by atoms with Crippen molar-refractivity contribution >= 4 is 0 Å². The molecule has 4 nitrogen and oxygen atoms in total. The first-order valence-corrected chi connectivity index (χ1v) is 7.03. The van der Waals surface area contributed by atoms with E-state index in [0.29, 0.717) is 6.04 Å². The van der Waals surface area contributed by atoms with Crippen LogP contribution < -0.4 is 10.5 Å². The van der Waals surface area contributed by atoms with Crippen molar-refractivity contribution in [1.29, 1.82) is 0 Å². The minimum Gasteiger partial charge on any atom is -0.496 e. The van der Waals surface area contributed by atoms with Crippen molar-refractivity contribution < 1.29 is 9.47 Å². The van der Waals surface area contributed by atoms with Crippen LogP contribution in [0.5, 0.6) is 5.75 Å². The van der Waals surface area contributed by atoms with Gasteiger partial charge in [0, 0.05) is 18.2 Å². The number of methoxy groups -OCH3 is 1. The van der Waals surface area contributed by atoms with Crippen molar-refractivity contribution in [2.75, 3.05) is 26.8 Å². The third kappa shape index (κ3) is 2.48. The summed E-state index contributed by atoms with van der Waals surface area (Å²) in [4.78, 5) is 2.52. The van der Waals surface area contributed by atoms with E-state index in [1.165, 1.54) is 19.4 Å². The number of nitrogens with zero attached hydrogens (tertiary/aromatic N) is 1. The molecule has 2 heterocycles. The average molecular weight is 262 g/mol. The molecule has 0 aromatic heterocycles. The van der Waals surface area contributed by atoms with Crippen LogP contribution in [-0.2, 0) is 4.74 Å². The van der Waals surface area contributed by atoms with Crippen molar-refractivity contribution in [3.63, 3.8) is 0 Å². The summed E-state index contributed by atoms with van der Waals surface area (Å²) in [7, 11) is 1.68. The molecule has 2 N–H and O–H groups in total. The Morgan fingerprint density at radius 3 is 3.11 bits per heavy atom. The largest absolute Gasteiger partial charge is 0.496 e. The van der Waals surface area contributed by atoms with Crippen LogP contribution in [0.25, 0.3) is 0 Å². The fraction of sp³-hybridized carbons (Fsp3) is 0.600. The van der Waals surface area contributed by atoms with Gasteiger partial charge in [0.15, 0.2) is 0 Å². The fourth-order valence-corrected chi connectivity index (χ4v) is 3.20. The van der Waals surface area contributed by atoms with Crippen LogP contribution >= 0.6 is 0 Å². The zero-order valence-corrected chi connectivity index (χ0v) is 11.4. The van der Waals surface area contributed by atoms with Gasteiger partial charge in [0.05, 0.1) is 25.9 Å². The first-order chi connectivity index (χ1) is 9.29. The van der Waals surface area contributed by atoms with Crippen LogP contribution in [0, 0.1) is 0 Å². The molecule has 4 heteroatoms. The maximum atomic E-state index is 6.40. The lowest BCUT2D eigenvalue weighted by atomic mass is 9.99. The van der Waals surface area contributed by atoms with Crippen LogP contribution in [0.15, 0.2) is 24.3 Å². The molecule has 1 aromatic rings. The molecule has 2 aliphatic rings. The number of benzene rings is 1. The quantitative estimate of drug-likeness (QED) is 0.898. The summed E-state index contributed by atoms with van der Waals surface area (Å²) >= 11 is 0. The summed E-state index contributed by atoms with van der Waals surface area (Å²) < 4.78 is 11.4. The monoisotopic (exact) mass is 262 g/mol. The lowest BCUT2D eigenvalue weighted by Crippen LogP contribution is -2.49. The van der Waals surface area contributed by atoms with E-state index >= 15 is 0 Å². The summed E-state index contributed by atoms with van der Waals surface area (Å²) in [5.74, 6) is 0.849. The molecular weight excluding hydrogens is 240 g/mol. The van der Waals surface area contributed by atoms with Gasteiger partial charge in [-0.1, -0.05) is 18.2 Å². The number of hydrogen-bond donors (Lipinski definition) is 1. The minimum absolute atomic E-state index is 0.0608. The maximum absolute atomic E-state index is 6.40. The minimum atomic E-state index is -0.127. The van der Waals surface area contributed by atoms with Crippen LogP contribution in [0.3, 0.4) is 0 Å². The molecule has 3 rings (SSSR count). The zero-order valence-electron chi connectivity index (χ0n) is 11.4. The maximum Gasteiger partial charge on any atom is 0.123 e. The van der Waals surface area contributed by atoms with Gasteiger partial charge in [-0.25, -0.2) is 0 Å². The summed E-state index contributed by atoms with van der Waals surface area (Å²) in [5.41, 5.74) is 7.43. The zero-order chi connectivity index (χ0) is 13.2. The van der Waals surface area contributed by atoms with E-state index in [1.807, 2.05) is 24.3 Å². The lowest BCUT2D eigenvalue weighted by Gasteiger charge is -2.38. The van der Waals surface area contributed by atoms with Gasteiger partial charge in [0.1, 0.15) is 5.75 Å². The highest BCUT2D eigenvalue weighted by atomic mass is 16.5. The average Bonchev–Trinajstić information content (AvgIpc) is 2.93. The van der Waals surface area contributed by atoms with E-state index in [0.717, 1.165) is 24.5 Å². The van der Waals surface area contributed by atoms with Gasteiger partial charge in [0.2, 0.25) is 0 Å². The van der Waals surface area contributed by atoms with E-state index < -0.39 is 0 Å². The molecule has 2 aliphatic heterocycles. The van der Waals surface area contributed by atoms with Gasteiger partial charge in [-0.2, -0.15) is 0 Å². The molecule has 0 radical (unpaired) electrons. The number of nitrogens with two attached hydrogens (primary N) is 1. The molecular formula is C15H22N2O2. The molecule has 3 unspecified atom stereocenters. The number of para-hydroxylation sites is 1. The van der Waals surface area contributed by atoms with E-state index in [-0.39, 0.29) is 12.1 Å². The number of ether oxygens (including phenoxy) is 2. The summed E-state index contributed by atoms with van der Waals surface area (Å²) in [5, 5.41) is 0. The molecule has 0 saturated carbocycles. The van der Waals surface area contributed by atoms with Gasteiger partial charge >= 0.3 is 0 Å². The molecule has 0 spiro atoms. The van der Waals surface area contributed by atoms with Gasteiger partial charge < -0.3 is 15.2 Å². The molecule has 3 atom stereocenters. The van der Waals surface area contributed by atoms with E-state index in [4.69, 9.17) is 15.2 Å². The standard InChI is InChI=1S/C15H22N2O2/c1-18-13-7-3-2-6-12(13)15(16)14-9-17-8-4-5-11(17)10-19-14/h2-3,6-7,11,14-15H,4-5,8-10,16H2,1H3. The summed E-state index contributed by atoms with van der Waals surface area (Å²) in [6.07, 6.45) is 2.60. The predicted molar refractivity (Wildman–Crippen MR) is 74.3 cm³/mol. The predicted octanol–water partition coefficient (Wildman–Crippen LogP) is 1.56. The van der Waals surface area contributed by atoms with Crippen LogP contribution in [0.4, 0.5) is 0 Å². The first kappa shape index (κ1) is 12.9. The number of morpholine rings is 1. The molecule has 1 aromatic carbocycles. The third-order valence-electron chi connectivity index (χ3n) is 4.31. The van der Waals surface area contributed by atoms with Crippen LogP contribution in [0.2, 0.25) is 0 Å². The van der Waals surface area contributed by atoms with E-state index in [9.17, 15) is 0 Å². The second-order valence-electron chi connectivity index (χ2n) is 5.43. The third-order valence-corrected chi connectivity index (χ3v) is 4.31. The molecule has 0 aliphatic carbocycles. The van der Waals surface area contributed by atoms with Gasteiger partial charge in [-0.15, -0.1) is 0 Å². The van der Waals surface area contributed by atoms with Gasteiger partial charge in [0.25, 0.3) is 0 Å². The topological polar surface area (TPSA) is 47.7 Å². The van der Waals surface area contributed by atoms with Crippen molar-refractivity contribution in [1.82, 2.24) is 4.90 Å². The normalized spacial score (nSPS) is 28.9. The molecule has 0 bridgehead atoms. The number of rotatable bonds is 3. The molecule has 2 saturated heterocycles. The Bertz CT molecular complexity index is 438. The molecule has 2 fully saturated rings. The Morgan fingerprint density at radius 2 is 2.26 bits per heavy atom. The highest BCUT2D eigenvalue weighted by Gasteiger charge is 2.35. The van der Waals surface area contributed by atoms with E-state index in [1.54, 1.807) is 7.11 Å². The van der Waals surface area contributed by atoms with Crippen molar-refractivity contribution in [3.8, 4) is 5.75 Å². The second kappa shape index (κ2) is 5.49. The lowest BCUT2D eigenvalue weighted by molar-refractivity contribution is -0.0599. The van der Waals surface area contributed by atoms with Crippen LogP contribution in [0.1, 0.15) is 24.4 Å².